The van der Waals surface area contributed by atoms with Gasteiger partial charge in [-0.2, -0.15) is 0 Å². The first-order chi connectivity index (χ1) is 9.75. The average molecular weight is 378 g/mol. The van der Waals surface area contributed by atoms with Gasteiger partial charge in [-0.3, -0.25) is 0 Å². The molecule has 1 N–H and O–H groups in total. The van der Waals surface area contributed by atoms with Crippen molar-refractivity contribution in [3.05, 3.63) is 68.8 Å². The molecular weight excluding hydrogens is 359 g/mol. The Kier molecular flexibility index (Phi) is 4.41. The van der Waals surface area contributed by atoms with Crippen LogP contribution in [0.4, 0.5) is 0 Å². The Bertz CT molecular complexity index is 593. The van der Waals surface area contributed by atoms with E-state index in [2.05, 4.69) is 52.9 Å². The van der Waals surface area contributed by atoms with Crippen LogP contribution in [0.15, 0.2) is 48.5 Å². The molecule has 0 saturated carbocycles. The van der Waals surface area contributed by atoms with Crippen LogP contribution in [0.1, 0.15) is 48.0 Å². The van der Waals surface area contributed by atoms with E-state index >= 15 is 0 Å². The summed E-state index contributed by atoms with van der Waals surface area (Å²) in [5.74, 6) is 0.492. The van der Waals surface area contributed by atoms with Crippen molar-refractivity contribution >= 4 is 22.6 Å². The second-order valence-electron chi connectivity index (χ2n) is 5.56. The lowest BCUT2D eigenvalue weighted by Crippen LogP contribution is -2.13. The molecule has 2 aromatic carbocycles. The molecule has 1 aliphatic rings. The second kappa shape index (κ2) is 6.27. The molecule has 0 radical (unpaired) electrons. The van der Waals surface area contributed by atoms with Crippen LogP contribution < -0.4 is 0 Å². The largest absolute Gasteiger partial charge is 0.388 e. The number of rotatable bonds is 3. The molecule has 0 fully saturated rings. The number of hydrogen-bond donors (Lipinski definition) is 1. The van der Waals surface area contributed by atoms with Crippen molar-refractivity contribution in [2.75, 3.05) is 0 Å². The maximum atomic E-state index is 10.6. The summed E-state index contributed by atoms with van der Waals surface area (Å²) in [6.45, 7) is 0. The predicted octanol–water partition coefficient (Wildman–Crippen LogP) is 4.83. The summed E-state index contributed by atoms with van der Waals surface area (Å²) < 4.78 is 1.15. The van der Waals surface area contributed by atoms with E-state index in [-0.39, 0.29) is 6.10 Å². The van der Waals surface area contributed by atoms with E-state index in [0.717, 1.165) is 15.6 Å². The third-order valence-electron chi connectivity index (χ3n) is 4.27. The molecule has 0 saturated heterocycles. The van der Waals surface area contributed by atoms with Gasteiger partial charge < -0.3 is 5.11 Å². The summed E-state index contributed by atoms with van der Waals surface area (Å²) >= 11 is 2.31. The minimum Gasteiger partial charge on any atom is -0.388 e. The number of hydrogen-bond acceptors (Lipinski definition) is 1. The van der Waals surface area contributed by atoms with Crippen molar-refractivity contribution in [2.45, 2.75) is 37.7 Å². The van der Waals surface area contributed by atoms with Crippen molar-refractivity contribution in [1.82, 2.24) is 0 Å². The van der Waals surface area contributed by atoms with Crippen LogP contribution in [0.5, 0.6) is 0 Å². The van der Waals surface area contributed by atoms with Gasteiger partial charge in [-0.15, -0.1) is 0 Å². The highest BCUT2D eigenvalue weighted by atomic mass is 127. The Labute approximate surface area is 134 Å². The van der Waals surface area contributed by atoms with E-state index in [4.69, 9.17) is 0 Å². The number of aliphatic hydroxyl groups excluding tert-OH is 1. The summed E-state index contributed by atoms with van der Waals surface area (Å²) in [4.78, 5) is 0. The van der Waals surface area contributed by atoms with Gasteiger partial charge in [-0.25, -0.2) is 0 Å². The van der Waals surface area contributed by atoms with Crippen LogP contribution in [0.25, 0.3) is 0 Å². The Morgan fingerprint density at radius 3 is 2.70 bits per heavy atom. The lowest BCUT2D eigenvalue weighted by Gasteiger charge is -2.27. The minimum atomic E-state index is -0.362. The van der Waals surface area contributed by atoms with Gasteiger partial charge in [0.2, 0.25) is 0 Å². The van der Waals surface area contributed by atoms with Crippen LogP contribution in [0.2, 0.25) is 0 Å². The predicted molar refractivity (Wildman–Crippen MR) is 90.9 cm³/mol. The van der Waals surface area contributed by atoms with E-state index in [9.17, 15) is 5.11 Å². The third-order valence-corrected chi connectivity index (χ3v) is 5.25. The monoisotopic (exact) mass is 378 g/mol. The minimum absolute atomic E-state index is 0.362. The molecule has 0 amide bonds. The maximum Gasteiger partial charge on any atom is 0.0806 e. The molecule has 2 unspecified atom stereocenters. The normalized spacial score (nSPS) is 19.4. The Balaban J connectivity index is 1.81. The van der Waals surface area contributed by atoms with Gasteiger partial charge in [0.25, 0.3) is 0 Å². The first-order valence-electron chi connectivity index (χ1n) is 7.26. The van der Waals surface area contributed by atoms with E-state index < -0.39 is 0 Å². The third kappa shape index (κ3) is 2.91. The lowest BCUT2D eigenvalue weighted by atomic mass is 9.79. The van der Waals surface area contributed by atoms with Crippen LogP contribution in [0.3, 0.4) is 0 Å². The Morgan fingerprint density at radius 2 is 1.85 bits per heavy atom. The summed E-state index contributed by atoms with van der Waals surface area (Å²) in [6.07, 6.45) is 4.08. The lowest BCUT2D eigenvalue weighted by molar-refractivity contribution is 0.153. The zero-order valence-electron chi connectivity index (χ0n) is 11.4. The van der Waals surface area contributed by atoms with Crippen LogP contribution in [-0.4, -0.2) is 5.11 Å². The van der Waals surface area contributed by atoms with E-state index in [1.807, 2.05) is 18.2 Å². The molecule has 2 aromatic rings. The molecule has 0 spiro atoms. The quantitative estimate of drug-likeness (QED) is 0.759. The number of fused-ring (bicyclic) bond motifs is 1. The van der Waals surface area contributed by atoms with Crippen molar-refractivity contribution in [2.24, 2.45) is 0 Å². The molecule has 0 aliphatic heterocycles. The van der Waals surface area contributed by atoms with Gasteiger partial charge >= 0.3 is 0 Å². The maximum absolute atomic E-state index is 10.6. The van der Waals surface area contributed by atoms with E-state index in [1.165, 1.54) is 30.4 Å². The molecule has 1 aliphatic carbocycles. The zero-order valence-corrected chi connectivity index (χ0v) is 13.6. The molecule has 0 heterocycles. The summed E-state index contributed by atoms with van der Waals surface area (Å²) in [6, 6.07) is 16.9. The summed E-state index contributed by atoms with van der Waals surface area (Å²) in [5.41, 5.74) is 3.98. The molecule has 2 atom stereocenters. The summed E-state index contributed by atoms with van der Waals surface area (Å²) in [7, 11) is 0. The highest BCUT2D eigenvalue weighted by molar-refractivity contribution is 14.1. The van der Waals surface area contributed by atoms with Crippen molar-refractivity contribution in [3.63, 3.8) is 0 Å². The number of aryl methyl sites for hydroxylation is 1. The molecule has 0 bridgehead atoms. The van der Waals surface area contributed by atoms with Gasteiger partial charge in [-0.1, -0.05) is 42.5 Å². The molecule has 104 valence electrons. The smallest absolute Gasteiger partial charge is 0.0806 e. The molecular formula is C18H19IO. The first kappa shape index (κ1) is 14.1. The molecule has 2 heteroatoms. The van der Waals surface area contributed by atoms with Crippen LogP contribution in [-0.2, 0) is 6.42 Å². The Hall–Kier alpha value is -0.870. The number of halogens is 1. The Morgan fingerprint density at radius 1 is 1.10 bits per heavy atom. The zero-order chi connectivity index (χ0) is 13.9. The second-order valence-corrected chi connectivity index (χ2v) is 6.72. The molecule has 3 rings (SSSR count). The standard InChI is InChI=1S/C18H19IO/c19-17-11-4-3-10-16(17)18(20)12-14-8-5-7-13-6-1-2-9-15(13)14/h1-4,6,9-11,14,18,20H,5,7-8,12H2. The van der Waals surface area contributed by atoms with Crippen LogP contribution >= 0.6 is 22.6 Å². The van der Waals surface area contributed by atoms with Gasteiger partial charge in [0, 0.05) is 3.57 Å². The fourth-order valence-electron chi connectivity index (χ4n) is 3.24. The summed E-state index contributed by atoms with van der Waals surface area (Å²) in [5, 5.41) is 10.6. The van der Waals surface area contributed by atoms with Gasteiger partial charge in [0.15, 0.2) is 0 Å². The van der Waals surface area contributed by atoms with Gasteiger partial charge in [0.1, 0.15) is 0 Å². The molecule has 20 heavy (non-hydrogen) atoms. The fraction of sp³-hybridized carbons (Fsp3) is 0.333. The highest BCUT2D eigenvalue weighted by Gasteiger charge is 2.23. The van der Waals surface area contributed by atoms with Gasteiger partial charge in [0.05, 0.1) is 6.10 Å². The van der Waals surface area contributed by atoms with E-state index in [1.54, 1.807) is 0 Å². The van der Waals surface area contributed by atoms with Crippen LogP contribution in [0, 0.1) is 3.57 Å². The number of benzene rings is 2. The molecule has 0 aromatic heterocycles. The fourth-order valence-corrected chi connectivity index (χ4v) is 3.99. The SMILES string of the molecule is OC(CC1CCCc2ccccc21)c1ccccc1I. The average Bonchev–Trinajstić information content (AvgIpc) is 2.48. The highest BCUT2D eigenvalue weighted by Crippen LogP contribution is 2.38. The number of aliphatic hydroxyl groups is 1. The first-order valence-corrected chi connectivity index (χ1v) is 8.34. The van der Waals surface area contributed by atoms with Crippen molar-refractivity contribution < 1.29 is 5.11 Å². The topological polar surface area (TPSA) is 20.2 Å². The van der Waals surface area contributed by atoms with Crippen molar-refractivity contribution in [1.29, 1.82) is 0 Å². The molecule has 1 nitrogen and oxygen atoms in total. The van der Waals surface area contributed by atoms with Gasteiger partial charge in [-0.05, 0) is 76.9 Å². The van der Waals surface area contributed by atoms with Crippen molar-refractivity contribution in [3.8, 4) is 0 Å². The van der Waals surface area contributed by atoms with E-state index in [0.29, 0.717) is 5.92 Å².